The van der Waals surface area contributed by atoms with Crippen LogP contribution >= 0.6 is 23.4 Å². The summed E-state index contributed by atoms with van der Waals surface area (Å²) >= 11 is 8.09. The molecule has 3 saturated heterocycles. The van der Waals surface area contributed by atoms with Gasteiger partial charge in [-0.15, -0.1) is 0 Å². The molecule has 3 amide bonds. The number of anilines is 1. The van der Waals surface area contributed by atoms with E-state index in [1.165, 1.54) is 42.8 Å². The number of ether oxygens (including phenoxy) is 5. The van der Waals surface area contributed by atoms with E-state index in [0.29, 0.717) is 49.5 Å². The van der Waals surface area contributed by atoms with Crippen molar-refractivity contribution in [1.29, 1.82) is 0 Å². The summed E-state index contributed by atoms with van der Waals surface area (Å²) in [5, 5.41) is 24.3. The number of hydrogen-bond acceptors (Lipinski definition) is 13. The van der Waals surface area contributed by atoms with E-state index in [4.69, 9.17) is 35.3 Å². The molecule has 338 valence electrons. The summed E-state index contributed by atoms with van der Waals surface area (Å²) in [5.41, 5.74) is -0.439. The predicted molar refractivity (Wildman–Crippen MR) is 229 cm³/mol. The zero-order valence-corrected chi connectivity index (χ0v) is 37.9. The molecular formula is C43H61ClN4O12S. The molecule has 61 heavy (non-hydrogen) atoms. The van der Waals surface area contributed by atoms with Crippen LogP contribution < -0.4 is 15.0 Å². The number of carbonyl (C=O) groups excluding carboxylic acids is 4. The molecule has 0 aliphatic carbocycles. The number of aliphatic carboxylic acids is 1. The fraction of sp³-hybridized carbons (Fsp3) is 0.651. The van der Waals surface area contributed by atoms with Gasteiger partial charge in [0.05, 0.1) is 49.8 Å². The van der Waals surface area contributed by atoms with Crippen molar-refractivity contribution in [3.8, 4) is 5.75 Å². The molecule has 3 N–H and O–H groups in total. The first-order valence-electron chi connectivity index (χ1n) is 20.6. The normalized spacial score (nSPS) is 30.6. The molecule has 16 nitrogen and oxygen atoms in total. The Bertz CT molecular complexity index is 1860. The molecule has 8 atom stereocenters. The zero-order chi connectivity index (χ0) is 44.8. The average Bonchev–Trinajstić information content (AvgIpc) is 3.94. The van der Waals surface area contributed by atoms with E-state index in [1.807, 2.05) is 38.1 Å². The van der Waals surface area contributed by atoms with E-state index in [2.05, 4.69) is 5.32 Å². The Morgan fingerprint density at radius 2 is 1.89 bits per heavy atom. The number of carboxylic acid groups (broad SMARTS) is 1. The van der Waals surface area contributed by atoms with Gasteiger partial charge in [-0.1, -0.05) is 42.3 Å². The van der Waals surface area contributed by atoms with Crippen LogP contribution in [0.2, 0.25) is 5.02 Å². The Labute approximate surface area is 367 Å². The molecule has 4 bridgehead atoms. The smallest absolute Gasteiger partial charge is 0.328 e. The van der Waals surface area contributed by atoms with E-state index in [1.54, 1.807) is 31.9 Å². The van der Waals surface area contributed by atoms with Crippen molar-refractivity contribution < 1.29 is 57.9 Å². The molecular weight excluding hydrogens is 832 g/mol. The molecule has 3 fully saturated rings. The first-order valence-corrected chi connectivity index (χ1v) is 22.2. The second-order valence-corrected chi connectivity index (χ2v) is 18.1. The molecule has 0 unspecified atom stereocenters. The lowest BCUT2D eigenvalue weighted by Crippen LogP contribution is -2.61. The van der Waals surface area contributed by atoms with Crippen LogP contribution in [-0.4, -0.2) is 151 Å². The van der Waals surface area contributed by atoms with Gasteiger partial charge in [-0.25, -0.2) is 4.79 Å². The van der Waals surface area contributed by atoms with Crippen molar-refractivity contribution in [3.05, 3.63) is 46.5 Å². The standard InChI is InChI=1S/C43H61ClN4O12S/c1-25-10-9-11-33(57-8)43(55)22-32(58-24-45-43)26(2)39-42(4,60-39)34(21-36(50)47(6)30-19-28(18-25)20-31(56-7)38(30)44)59-41(54)27(3)46(5)35(49)14-17-61-23-37(51)48-15-12-29(13-16-48)40(52)53/h9-11,19-20,26-27,29,32-34,39,45,55H,12-18,21-24H2,1-8H3,(H,52,53)/b11-9+,25-10+/t26-,27-,32+,33-,34+,39+,42+,43+/m1/s1. The van der Waals surface area contributed by atoms with E-state index in [0.717, 1.165) is 11.1 Å². The monoisotopic (exact) mass is 892 g/mol. The number of aliphatic hydroxyl groups is 1. The highest BCUT2D eigenvalue weighted by molar-refractivity contribution is 7.99. The van der Waals surface area contributed by atoms with Gasteiger partial charge in [-0.3, -0.25) is 24.5 Å². The van der Waals surface area contributed by atoms with Crippen LogP contribution in [0.25, 0.3) is 0 Å². The van der Waals surface area contributed by atoms with Gasteiger partial charge in [-0.2, -0.15) is 11.8 Å². The van der Waals surface area contributed by atoms with Crippen molar-refractivity contribution in [3.63, 3.8) is 0 Å². The lowest BCUT2D eigenvalue weighted by Gasteiger charge is -2.43. The van der Waals surface area contributed by atoms with E-state index in [-0.39, 0.29) is 54.5 Å². The number of nitrogens with one attached hydrogen (secondary N) is 1. The minimum absolute atomic E-state index is 0.0392. The summed E-state index contributed by atoms with van der Waals surface area (Å²) in [5.74, 6) is -2.36. The number of esters is 1. The van der Waals surface area contributed by atoms with Crippen molar-refractivity contribution in [2.24, 2.45) is 11.8 Å². The minimum atomic E-state index is -1.48. The summed E-state index contributed by atoms with van der Waals surface area (Å²) in [6, 6.07) is 2.58. The molecule has 1 aromatic carbocycles. The number of epoxide rings is 1. The van der Waals surface area contributed by atoms with Gasteiger partial charge in [0.25, 0.3) is 0 Å². The molecule has 4 aliphatic rings. The number of amides is 3. The van der Waals surface area contributed by atoms with Gasteiger partial charge in [0, 0.05) is 58.8 Å². The van der Waals surface area contributed by atoms with Gasteiger partial charge in [0.15, 0.2) is 0 Å². The quantitative estimate of drug-likeness (QED) is 0.165. The number of hydrogen-bond donors (Lipinski definition) is 3. The van der Waals surface area contributed by atoms with Gasteiger partial charge < -0.3 is 48.6 Å². The molecule has 0 saturated carbocycles. The number of piperidine rings is 1. The Balaban J connectivity index is 1.33. The Morgan fingerprint density at radius 3 is 2.54 bits per heavy atom. The molecule has 18 heteroatoms. The van der Waals surface area contributed by atoms with Gasteiger partial charge >= 0.3 is 11.9 Å². The van der Waals surface area contributed by atoms with Crippen molar-refractivity contribution in [2.75, 3.05) is 64.5 Å². The molecule has 4 aliphatic heterocycles. The number of fused-ring (bicyclic) bond motifs is 5. The second kappa shape index (κ2) is 20.6. The number of benzene rings is 1. The molecule has 0 spiro atoms. The summed E-state index contributed by atoms with van der Waals surface area (Å²) in [6.07, 6.45) is 3.87. The average molecular weight is 893 g/mol. The van der Waals surface area contributed by atoms with Crippen LogP contribution in [0.1, 0.15) is 65.4 Å². The van der Waals surface area contributed by atoms with Crippen molar-refractivity contribution >= 4 is 58.7 Å². The summed E-state index contributed by atoms with van der Waals surface area (Å²) in [7, 11) is 6.11. The van der Waals surface area contributed by atoms with Gasteiger partial charge in [0.1, 0.15) is 40.3 Å². The third kappa shape index (κ3) is 11.5. The third-order valence-electron chi connectivity index (χ3n) is 12.5. The number of likely N-dealkylation sites (N-methyl/N-ethyl adjacent to an activating group) is 1. The molecule has 1 aromatic rings. The first-order chi connectivity index (χ1) is 28.8. The van der Waals surface area contributed by atoms with Crippen molar-refractivity contribution in [1.82, 2.24) is 15.1 Å². The lowest BCUT2D eigenvalue weighted by atomic mass is 9.83. The third-order valence-corrected chi connectivity index (χ3v) is 13.8. The Morgan fingerprint density at radius 1 is 1.18 bits per heavy atom. The summed E-state index contributed by atoms with van der Waals surface area (Å²) in [6.45, 7) is 8.01. The maximum Gasteiger partial charge on any atom is 0.328 e. The van der Waals surface area contributed by atoms with E-state index in [9.17, 15) is 34.2 Å². The van der Waals surface area contributed by atoms with Crippen LogP contribution in [0.5, 0.6) is 5.75 Å². The van der Waals surface area contributed by atoms with Crippen molar-refractivity contribution in [2.45, 2.75) is 108 Å². The number of halogens is 1. The van der Waals surface area contributed by atoms with E-state index < -0.39 is 65.5 Å². The number of likely N-dealkylation sites (tertiary alicyclic amines) is 1. The lowest BCUT2D eigenvalue weighted by molar-refractivity contribution is -0.184. The second-order valence-electron chi connectivity index (χ2n) is 16.7. The Hall–Kier alpha value is -3.71. The van der Waals surface area contributed by atoms with Gasteiger partial charge in [-0.05, 0) is 57.7 Å². The van der Waals surface area contributed by atoms with Crippen LogP contribution in [0, 0.1) is 11.8 Å². The number of carbonyl (C=O) groups is 5. The molecule has 5 rings (SSSR count). The van der Waals surface area contributed by atoms with Crippen LogP contribution in [0.4, 0.5) is 5.69 Å². The van der Waals surface area contributed by atoms with E-state index >= 15 is 0 Å². The van der Waals surface area contributed by atoms with Crippen LogP contribution in [0.3, 0.4) is 0 Å². The fourth-order valence-electron chi connectivity index (χ4n) is 8.22. The number of carboxylic acids is 1. The maximum atomic E-state index is 14.2. The molecule has 0 aromatic heterocycles. The van der Waals surface area contributed by atoms with Crippen LogP contribution in [-0.2, 0) is 49.3 Å². The topological polar surface area (TPSA) is 197 Å². The largest absolute Gasteiger partial charge is 0.495 e. The van der Waals surface area contributed by atoms with Gasteiger partial charge in [0.2, 0.25) is 17.7 Å². The predicted octanol–water partition coefficient (Wildman–Crippen LogP) is 3.80. The summed E-state index contributed by atoms with van der Waals surface area (Å²) in [4.78, 5) is 69.8. The molecule has 0 radical (unpaired) electrons. The van der Waals surface area contributed by atoms with Crippen LogP contribution in [0.15, 0.2) is 35.9 Å². The number of rotatable bonds is 11. The number of thioether (sulfide) groups is 1. The highest BCUT2D eigenvalue weighted by atomic mass is 35.5. The summed E-state index contributed by atoms with van der Waals surface area (Å²) < 4.78 is 30.0. The molecule has 4 heterocycles. The number of methoxy groups -OCH3 is 2. The number of nitrogens with zero attached hydrogens (tertiary/aromatic N) is 3. The fourth-order valence-corrected chi connectivity index (χ4v) is 9.36. The number of allylic oxidation sites excluding steroid dienone is 3. The minimum Gasteiger partial charge on any atom is -0.495 e. The highest BCUT2D eigenvalue weighted by Gasteiger charge is 2.64. The Kier molecular flexibility index (Phi) is 16.4. The SMILES string of the molecule is COc1cc2cc(c1Cl)N(C)C(=O)C[C@H](OC(=O)[C@@H](C)N(C)C(=O)CCSCC(=O)N1CCC(C(=O)O)CC1)[C@]1(C)O[C@H]1[C@H](C)[C@@H]1C[C@@](O)(NCO1)[C@H](OC)/C=C/C=C(\C)C2. The first kappa shape index (κ1) is 48.3. The highest BCUT2D eigenvalue weighted by Crippen LogP contribution is 2.49. The maximum absolute atomic E-state index is 14.2. The zero-order valence-electron chi connectivity index (χ0n) is 36.3.